The maximum absolute atomic E-state index is 11.6. The lowest BCUT2D eigenvalue weighted by Crippen LogP contribution is -2.04. The van der Waals surface area contributed by atoms with Crippen molar-refractivity contribution in [2.45, 2.75) is 13.5 Å². The molecule has 0 amide bonds. The first-order valence-corrected chi connectivity index (χ1v) is 8.03. The molecule has 1 aromatic carbocycles. The van der Waals surface area contributed by atoms with E-state index in [1.54, 1.807) is 29.1 Å². The summed E-state index contributed by atoms with van der Waals surface area (Å²) in [5.74, 6) is -0.363. The number of esters is 1. The molecule has 7 heteroatoms. The molecule has 0 radical (unpaired) electrons. The van der Waals surface area contributed by atoms with Crippen molar-refractivity contribution in [1.82, 2.24) is 14.8 Å². The van der Waals surface area contributed by atoms with E-state index in [-0.39, 0.29) is 5.97 Å². The molecular formula is C16H16N4O2S. The SMILES string of the molecule is CCOC(=O)c1cnn(Cc2nc(-c3cccc(N)c3)cs2)c1. The first-order chi connectivity index (χ1) is 11.2. The van der Waals surface area contributed by atoms with Gasteiger partial charge in [0.2, 0.25) is 0 Å². The molecule has 0 spiro atoms. The zero-order valence-electron chi connectivity index (χ0n) is 12.6. The number of nitrogens with zero attached hydrogens (tertiary/aromatic N) is 3. The number of thiazole rings is 1. The van der Waals surface area contributed by atoms with Crippen LogP contribution in [0.15, 0.2) is 42.0 Å². The van der Waals surface area contributed by atoms with Gasteiger partial charge in [-0.15, -0.1) is 11.3 Å². The fraction of sp³-hybridized carbons (Fsp3) is 0.188. The Bertz CT molecular complexity index is 825. The third kappa shape index (κ3) is 3.57. The summed E-state index contributed by atoms with van der Waals surface area (Å²) in [6, 6.07) is 7.62. The number of anilines is 1. The van der Waals surface area contributed by atoms with Crippen molar-refractivity contribution in [3.05, 3.63) is 52.6 Å². The average Bonchev–Trinajstić information content (AvgIpc) is 3.17. The minimum absolute atomic E-state index is 0.347. The molecule has 3 aromatic rings. The van der Waals surface area contributed by atoms with E-state index in [9.17, 15) is 4.79 Å². The average molecular weight is 328 g/mol. The quantitative estimate of drug-likeness (QED) is 0.575. The number of ether oxygens (including phenoxy) is 1. The fourth-order valence-electron chi connectivity index (χ4n) is 2.12. The smallest absolute Gasteiger partial charge is 0.341 e. The summed E-state index contributed by atoms with van der Waals surface area (Å²) < 4.78 is 6.62. The highest BCUT2D eigenvalue weighted by molar-refractivity contribution is 7.09. The highest BCUT2D eigenvalue weighted by atomic mass is 32.1. The van der Waals surface area contributed by atoms with Gasteiger partial charge >= 0.3 is 5.97 Å². The largest absolute Gasteiger partial charge is 0.462 e. The van der Waals surface area contributed by atoms with Crippen LogP contribution in [0.2, 0.25) is 0 Å². The Labute approximate surface area is 137 Å². The topological polar surface area (TPSA) is 83.0 Å². The molecule has 2 heterocycles. The fourth-order valence-corrected chi connectivity index (χ4v) is 2.92. The Morgan fingerprint density at radius 3 is 3.09 bits per heavy atom. The molecule has 6 nitrogen and oxygen atoms in total. The molecule has 0 aliphatic heterocycles. The van der Waals surface area contributed by atoms with Crippen LogP contribution in [0, 0.1) is 0 Å². The van der Waals surface area contributed by atoms with Crippen LogP contribution in [0.5, 0.6) is 0 Å². The number of benzene rings is 1. The molecule has 0 saturated heterocycles. The second-order valence-electron chi connectivity index (χ2n) is 4.90. The van der Waals surface area contributed by atoms with Crippen LogP contribution in [0.3, 0.4) is 0 Å². The molecule has 0 aliphatic rings. The zero-order chi connectivity index (χ0) is 16.2. The molecule has 118 valence electrons. The zero-order valence-corrected chi connectivity index (χ0v) is 13.4. The lowest BCUT2D eigenvalue weighted by atomic mass is 10.1. The molecule has 0 unspecified atom stereocenters. The molecule has 2 aromatic heterocycles. The molecular weight excluding hydrogens is 312 g/mol. The van der Waals surface area contributed by atoms with Gasteiger partial charge in [-0.25, -0.2) is 9.78 Å². The van der Waals surface area contributed by atoms with Gasteiger partial charge in [0.1, 0.15) is 5.01 Å². The van der Waals surface area contributed by atoms with Crippen molar-refractivity contribution in [2.75, 3.05) is 12.3 Å². The van der Waals surface area contributed by atoms with Gasteiger partial charge in [-0.1, -0.05) is 12.1 Å². The van der Waals surface area contributed by atoms with Gasteiger partial charge in [0.15, 0.2) is 0 Å². The Hall–Kier alpha value is -2.67. The predicted octanol–water partition coefficient (Wildman–Crippen LogP) is 2.81. The molecule has 0 saturated carbocycles. The van der Waals surface area contributed by atoms with E-state index in [0.717, 1.165) is 16.3 Å². The maximum atomic E-state index is 11.6. The molecule has 0 atom stereocenters. The second-order valence-corrected chi connectivity index (χ2v) is 5.84. The standard InChI is InChI=1S/C16H16N4O2S/c1-2-22-16(21)12-7-18-20(8-12)9-15-19-14(10-23-15)11-4-3-5-13(17)6-11/h3-8,10H,2,9,17H2,1H3. The molecule has 0 fully saturated rings. The summed E-state index contributed by atoms with van der Waals surface area (Å²) in [6.45, 7) is 2.63. The Kier molecular flexibility index (Phi) is 4.38. The Balaban J connectivity index is 1.73. The molecule has 23 heavy (non-hydrogen) atoms. The predicted molar refractivity (Wildman–Crippen MR) is 89.2 cm³/mol. The summed E-state index contributed by atoms with van der Waals surface area (Å²) in [7, 11) is 0. The molecule has 2 N–H and O–H groups in total. The van der Waals surface area contributed by atoms with E-state index in [2.05, 4.69) is 10.1 Å². The highest BCUT2D eigenvalue weighted by Gasteiger charge is 2.11. The van der Waals surface area contributed by atoms with E-state index < -0.39 is 0 Å². The number of aromatic nitrogens is 3. The maximum Gasteiger partial charge on any atom is 0.341 e. The van der Waals surface area contributed by atoms with E-state index in [0.29, 0.717) is 24.4 Å². The van der Waals surface area contributed by atoms with Crippen molar-refractivity contribution in [3.63, 3.8) is 0 Å². The van der Waals surface area contributed by atoms with Crippen LogP contribution in [0.4, 0.5) is 5.69 Å². The van der Waals surface area contributed by atoms with Crippen LogP contribution in [0.25, 0.3) is 11.3 Å². The Morgan fingerprint density at radius 2 is 2.30 bits per heavy atom. The van der Waals surface area contributed by atoms with Crippen molar-refractivity contribution < 1.29 is 9.53 Å². The number of hydrogen-bond acceptors (Lipinski definition) is 6. The van der Waals surface area contributed by atoms with E-state index in [4.69, 9.17) is 10.5 Å². The van der Waals surface area contributed by atoms with E-state index in [1.807, 2.05) is 29.6 Å². The molecule has 3 rings (SSSR count). The lowest BCUT2D eigenvalue weighted by Gasteiger charge is -1.99. The number of rotatable bonds is 5. The third-order valence-electron chi connectivity index (χ3n) is 3.18. The first-order valence-electron chi connectivity index (χ1n) is 7.15. The van der Waals surface area contributed by atoms with Gasteiger partial charge in [-0.3, -0.25) is 4.68 Å². The molecule has 0 bridgehead atoms. The first kappa shape index (κ1) is 15.2. The minimum Gasteiger partial charge on any atom is -0.462 e. The van der Waals surface area contributed by atoms with Crippen LogP contribution in [0.1, 0.15) is 22.3 Å². The van der Waals surface area contributed by atoms with Crippen molar-refractivity contribution in [2.24, 2.45) is 0 Å². The minimum atomic E-state index is -0.363. The summed E-state index contributed by atoms with van der Waals surface area (Å²) >= 11 is 1.54. The van der Waals surface area contributed by atoms with Crippen LogP contribution >= 0.6 is 11.3 Å². The van der Waals surface area contributed by atoms with Crippen LogP contribution in [-0.2, 0) is 11.3 Å². The number of nitrogens with two attached hydrogens (primary N) is 1. The number of carbonyl (C=O) groups is 1. The Morgan fingerprint density at radius 1 is 1.43 bits per heavy atom. The lowest BCUT2D eigenvalue weighted by molar-refractivity contribution is 0.0526. The van der Waals surface area contributed by atoms with Crippen LogP contribution < -0.4 is 5.73 Å². The van der Waals surface area contributed by atoms with Gasteiger partial charge in [0, 0.05) is 22.8 Å². The van der Waals surface area contributed by atoms with Crippen LogP contribution in [-0.4, -0.2) is 27.3 Å². The summed E-state index contributed by atoms with van der Waals surface area (Å²) in [4.78, 5) is 16.2. The summed E-state index contributed by atoms with van der Waals surface area (Å²) in [6.07, 6.45) is 3.17. The van der Waals surface area contributed by atoms with Gasteiger partial charge in [-0.2, -0.15) is 5.10 Å². The molecule has 0 aliphatic carbocycles. The number of carbonyl (C=O) groups excluding carboxylic acids is 1. The van der Waals surface area contributed by atoms with Crippen molar-refractivity contribution in [3.8, 4) is 11.3 Å². The second kappa shape index (κ2) is 6.62. The highest BCUT2D eigenvalue weighted by Crippen LogP contribution is 2.23. The van der Waals surface area contributed by atoms with Gasteiger partial charge in [0.25, 0.3) is 0 Å². The number of nitrogen functional groups attached to an aromatic ring is 1. The van der Waals surface area contributed by atoms with E-state index in [1.165, 1.54) is 6.20 Å². The summed E-state index contributed by atoms with van der Waals surface area (Å²) in [5.41, 5.74) is 8.83. The van der Waals surface area contributed by atoms with Crippen molar-refractivity contribution >= 4 is 23.0 Å². The van der Waals surface area contributed by atoms with Gasteiger partial charge in [0.05, 0.1) is 30.6 Å². The summed E-state index contributed by atoms with van der Waals surface area (Å²) in [5, 5.41) is 7.06. The van der Waals surface area contributed by atoms with Gasteiger partial charge < -0.3 is 10.5 Å². The number of hydrogen-bond donors (Lipinski definition) is 1. The monoisotopic (exact) mass is 328 g/mol. The van der Waals surface area contributed by atoms with Gasteiger partial charge in [-0.05, 0) is 19.1 Å². The normalized spacial score (nSPS) is 10.7. The van der Waals surface area contributed by atoms with Crippen molar-refractivity contribution in [1.29, 1.82) is 0 Å². The third-order valence-corrected chi connectivity index (χ3v) is 4.01. The van der Waals surface area contributed by atoms with E-state index >= 15 is 0 Å².